The molecule has 2 N–H and O–H groups in total. The monoisotopic (exact) mass is 247 g/mol. The predicted octanol–water partition coefficient (Wildman–Crippen LogP) is 3.31. The predicted molar refractivity (Wildman–Crippen MR) is 73.9 cm³/mol. The van der Waals surface area contributed by atoms with Crippen molar-refractivity contribution in [1.82, 2.24) is 15.5 Å². The molecule has 2 aliphatic rings. The molecule has 1 atom stereocenters. The van der Waals surface area contributed by atoms with Crippen LogP contribution in [0, 0.1) is 0 Å². The third-order valence-corrected chi connectivity index (χ3v) is 4.70. The van der Waals surface area contributed by atoms with E-state index in [0.29, 0.717) is 5.92 Å². The average molecular weight is 247 g/mol. The maximum absolute atomic E-state index is 4.35. The van der Waals surface area contributed by atoms with Crippen LogP contribution in [0.1, 0.15) is 74.5 Å². The number of piperidine rings is 1. The molecule has 1 unspecified atom stereocenters. The Kier molecular flexibility index (Phi) is 3.99. The van der Waals surface area contributed by atoms with Gasteiger partial charge in [0.15, 0.2) is 0 Å². The van der Waals surface area contributed by atoms with Crippen molar-refractivity contribution in [2.75, 3.05) is 13.1 Å². The van der Waals surface area contributed by atoms with Crippen LogP contribution in [0.2, 0.25) is 0 Å². The molecule has 18 heavy (non-hydrogen) atoms. The Labute approximate surface area is 110 Å². The number of aromatic nitrogens is 2. The number of hydrogen-bond acceptors (Lipinski definition) is 2. The molecule has 1 aliphatic heterocycles. The summed E-state index contributed by atoms with van der Waals surface area (Å²) in [6, 6.07) is 0. The van der Waals surface area contributed by atoms with E-state index in [4.69, 9.17) is 0 Å². The summed E-state index contributed by atoms with van der Waals surface area (Å²) >= 11 is 0. The van der Waals surface area contributed by atoms with E-state index in [0.717, 1.165) is 12.5 Å². The van der Waals surface area contributed by atoms with Gasteiger partial charge in [-0.25, -0.2) is 0 Å². The van der Waals surface area contributed by atoms with Crippen molar-refractivity contribution < 1.29 is 0 Å². The van der Waals surface area contributed by atoms with Crippen LogP contribution in [0.15, 0.2) is 6.20 Å². The maximum atomic E-state index is 4.35. The van der Waals surface area contributed by atoms with Gasteiger partial charge in [0.05, 0.1) is 6.20 Å². The summed E-state index contributed by atoms with van der Waals surface area (Å²) < 4.78 is 0. The summed E-state index contributed by atoms with van der Waals surface area (Å²) in [5.74, 6) is 1.43. The first-order valence-corrected chi connectivity index (χ1v) is 7.69. The van der Waals surface area contributed by atoms with E-state index in [9.17, 15) is 0 Å². The van der Waals surface area contributed by atoms with Crippen LogP contribution >= 0.6 is 0 Å². The number of hydrogen-bond donors (Lipinski definition) is 2. The van der Waals surface area contributed by atoms with Gasteiger partial charge in [-0.2, -0.15) is 5.10 Å². The molecule has 2 fully saturated rings. The zero-order chi connectivity index (χ0) is 12.2. The highest BCUT2D eigenvalue weighted by Crippen LogP contribution is 2.36. The van der Waals surface area contributed by atoms with Gasteiger partial charge in [0.1, 0.15) is 0 Å². The first-order valence-electron chi connectivity index (χ1n) is 7.69. The molecule has 3 heteroatoms. The lowest BCUT2D eigenvalue weighted by molar-refractivity contribution is 0.448. The zero-order valence-corrected chi connectivity index (χ0v) is 11.3. The normalized spacial score (nSPS) is 27.0. The van der Waals surface area contributed by atoms with Gasteiger partial charge in [0.25, 0.3) is 0 Å². The first-order chi connectivity index (χ1) is 8.95. The molecule has 3 rings (SSSR count). The van der Waals surface area contributed by atoms with Crippen molar-refractivity contribution in [2.45, 2.75) is 63.2 Å². The van der Waals surface area contributed by atoms with Gasteiger partial charge in [-0.3, -0.25) is 5.10 Å². The Hall–Kier alpha value is -0.830. The fourth-order valence-electron chi connectivity index (χ4n) is 3.65. The van der Waals surface area contributed by atoms with E-state index in [1.807, 2.05) is 0 Å². The van der Waals surface area contributed by atoms with Crippen LogP contribution in [-0.4, -0.2) is 23.3 Å². The van der Waals surface area contributed by atoms with E-state index in [1.54, 1.807) is 0 Å². The maximum Gasteiger partial charge on any atom is 0.0525 e. The lowest BCUT2D eigenvalue weighted by Crippen LogP contribution is -2.29. The smallest absolute Gasteiger partial charge is 0.0525 e. The van der Waals surface area contributed by atoms with Crippen molar-refractivity contribution in [3.05, 3.63) is 17.5 Å². The second-order valence-electron chi connectivity index (χ2n) is 5.97. The van der Waals surface area contributed by atoms with Crippen LogP contribution in [0.4, 0.5) is 0 Å². The molecule has 100 valence electrons. The van der Waals surface area contributed by atoms with Crippen LogP contribution in [0.5, 0.6) is 0 Å². The van der Waals surface area contributed by atoms with Gasteiger partial charge in [-0.05, 0) is 43.7 Å². The lowest BCUT2D eigenvalue weighted by atomic mass is 9.86. The number of nitrogens with zero attached hydrogens (tertiary/aromatic N) is 1. The molecule has 1 saturated carbocycles. The summed E-state index contributed by atoms with van der Waals surface area (Å²) in [7, 11) is 0. The number of aromatic amines is 1. The topological polar surface area (TPSA) is 40.7 Å². The third-order valence-electron chi connectivity index (χ3n) is 4.70. The minimum atomic E-state index is 0.666. The molecule has 0 bridgehead atoms. The van der Waals surface area contributed by atoms with Gasteiger partial charge < -0.3 is 5.32 Å². The van der Waals surface area contributed by atoms with Gasteiger partial charge in [-0.15, -0.1) is 0 Å². The summed E-state index contributed by atoms with van der Waals surface area (Å²) in [5.41, 5.74) is 2.97. The highest BCUT2D eigenvalue weighted by atomic mass is 15.1. The van der Waals surface area contributed by atoms with Crippen LogP contribution in [-0.2, 0) is 0 Å². The van der Waals surface area contributed by atoms with Crippen molar-refractivity contribution in [2.24, 2.45) is 0 Å². The largest absolute Gasteiger partial charge is 0.316 e. The number of H-pyrrole nitrogens is 1. The second-order valence-corrected chi connectivity index (χ2v) is 5.97. The average Bonchev–Trinajstić information content (AvgIpc) is 2.75. The minimum absolute atomic E-state index is 0.666. The Morgan fingerprint density at radius 2 is 1.72 bits per heavy atom. The molecule has 1 aromatic heterocycles. The Morgan fingerprint density at radius 1 is 0.944 bits per heavy atom. The molecule has 1 aliphatic carbocycles. The highest BCUT2D eigenvalue weighted by molar-refractivity contribution is 5.25. The van der Waals surface area contributed by atoms with Gasteiger partial charge in [0.2, 0.25) is 0 Å². The van der Waals surface area contributed by atoms with E-state index >= 15 is 0 Å². The SMILES string of the molecule is c1n[nH]c(C2CCCNC2)c1C1CCCCCC1. The van der Waals surface area contributed by atoms with E-state index < -0.39 is 0 Å². The Balaban J connectivity index is 1.76. The Bertz CT molecular complexity index is 358. The molecule has 0 aromatic carbocycles. The number of rotatable bonds is 2. The van der Waals surface area contributed by atoms with Crippen LogP contribution < -0.4 is 5.32 Å². The summed E-state index contributed by atoms with van der Waals surface area (Å²) in [5, 5.41) is 11.2. The summed E-state index contributed by atoms with van der Waals surface area (Å²) in [6.07, 6.45) is 13.1. The van der Waals surface area contributed by atoms with E-state index in [1.165, 1.54) is 69.2 Å². The molecular weight excluding hydrogens is 222 g/mol. The van der Waals surface area contributed by atoms with Crippen molar-refractivity contribution in [3.63, 3.8) is 0 Å². The molecule has 0 amide bonds. The fraction of sp³-hybridized carbons (Fsp3) is 0.800. The van der Waals surface area contributed by atoms with Crippen molar-refractivity contribution in [1.29, 1.82) is 0 Å². The van der Waals surface area contributed by atoms with E-state index in [-0.39, 0.29) is 0 Å². The second kappa shape index (κ2) is 5.87. The van der Waals surface area contributed by atoms with Crippen molar-refractivity contribution in [3.8, 4) is 0 Å². The molecule has 1 saturated heterocycles. The molecule has 3 nitrogen and oxygen atoms in total. The van der Waals surface area contributed by atoms with Crippen LogP contribution in [0.3, 0.4) is 0 Å². The molecule has 0 spiro atoms. The standard InChI is InChI=1S/C15H25N3/c1-2-4-7-12(6-3-1)14-11-17-18-15(14)13-8-5-9-16-10-13/h11-13,16H,1-10H2,(H,17,18). The minimum Gasteiger partial charge on any atom is -0.316 e. The quantitative estimate of drug-likeness (QED) is 0.787. The molecule has 1 aromatic rings. The molecule has 2 heterocycles. The highest BCUT2D eigenvalue weighted by Gasteiger charge is 2.24. The molecule has 0 radical (unpaired) electrons. The van der Waals surface area contributed by atoms with Gasteiger partial charge in [-0.1, -0.05) is 25.7 Å². The Morgan fingerprint density at radius 3 is 2.44 bits per heavy atom. The van der Waals surface area contributed by atoms with E-state index in [2.05, 4.69) is 21.7 Å². The molecular formula is C15H25N3. The van der Waals surface area contributed by atoms with Gasteiger partial charge in [0, 0.05) is 18.2 Å². The first kappa shape index (κ1) is 12.2. The fourth-order valence-corrected chi connectivity index (χ4v) is 3.65. The van der Waals surface area contributed by atoms with Crippen LogP contribution in [0.25, 0.3) is 0 Å². The van der Waals surface area contributed by atoms with Gasteiger partial charge >= 0.3 is 0 Å². The summed E-state index contributed by atoms with van der Waals surface area (Å²) in [4.78, 5) is 0. The third kappa shape index (κ3) is 2.61. The summed E-state index contributed by atoms with van der Waals surface area (Å²) in [6.45, 7) is 2.31. The zero-order valence-electron chi connectivity index (χ0n) is 11.3. The lowest BCUT2D eigenvalue weighted by Gasteiger charge is -2.24. The number of nitrogens with one attached hydrogen (secondary N) is 2. The van der Waals surface area contributed by atoms with Crippen molar-refractivity contribution >= 4 is 0 Å².